The lowest BCUT2D eigenvalue weighted by atomic mass is 10.2. The van der Waals surface area contributed by atoms with Gasteiger partial charge in [-0.3, -0.25) is 10.1 Å². The van der Waals surface area contributed by atoms with Crippen molar-refractivity contribution in [1.29, 1.82) is 0 Å². The molecule has 1 N–H and O–H groups in total. The first-order chi connectivity index (χ1) is 14.1. The Bertz CT molecular complexity index is 1110. The van der Waals surface area contributed by atoms with Crippen LogP contribution in [0.1, 0.15) is 16.1 Å². The van der Waals surface area contributed by atoms with Gasteiger partial charge in [0.25, 0.3) is 5.91 Å². The number of aromatic nitrogens is 3. The van der Waals surface area contributed by atoms with Crippen LogP contribution in [-0.2, 0) is 6.61 Å². The van der Waals surface area contributed by atoms with Gasteiger partial charge in [0.1, 0.15) is 18.2 Å². The quantitative estimate of drug-likeness (QED) is 0.508. The minimum atomic E-state index is -0.491. The summed E-state index contributed by atoms with van der Waals surface area (Å²) in [6, 6.07) is 11.5. The van der Waals surface area contributed by atoms with Crippen LogP contribution in [0, 0.1) is 11.6 Å². The third kappa shape index (κ3) is 4.46. The monoisotopic (exact) mass is 412 g/mol. The van der Waals surface area contributed by atoms with Gasteiger partial charge in [-0.2, -0.15) is 5.10 Å². The normalized spacial score (nSPS) is 10.7. The summed E-state index contributed by atoms with van der Waals surface area (Å²) in [5, 5.41) is 9.11. The van der Waals surface area contributed by atoms with Crippen LogP contribution in [0.4, 0.5) is 13.9 Å². The molecule has 9 heteroatoms. The number of nitrogens with one attached hydrogen (secondary N) is 1. The summed E-state index contributed by atoms with van der Waals surface area (Å²) in [6.45, 7) is 0.118. The van der Waals surface area contributed by atoms with Crippen molar-refractivity contribution in [3.63, 3.8) is 0 Å². The number of hydrogen-bond donors (Lipinski definition) is 1. The molecule has 0 spiro atoms. The highest BCUT2D eigenvalue weighted by Gasteiger charge is 2.20. The fourth-order valence-corrected chi connectivity index (χ4v) is 3.05. The van der Waals surface area contributed by atoms with Crippen molar-refractivity contribution in [2.24, 2.45) is 0 Å². The molecule has 6 nitrogen and oxygen atoms in total. The van der Waals surface area contributed by atoms with E-state index in [0.717, 1.165) is 5.56 Å². The lowest BCUT2D eigenvalue weighted by molar-refractivity contribution is 0.101. The smallest absolute Gasteiger partial charge is 0.281 e. The van der Waals surface area contributed by atoms with E-state index >= 15 is 0 Å². The number of anilines is 1. The second kappa shape index (κ2) is 8.19. The predicted molar refractivity (Wildman–Crippen MR) is 104 cm³/mol. The number of halogens is 2. The number of benzene rings is 2. The Labute approximate surface area is 168 Å². The van der Waals surface area contributed by atoms with Crippen LogP contribution in [0.3, 0.4) is 0 Å². The first-order valence-corrected chi connectivity index (χ1v) is 9.40. The molecule has 146 valence electrons. The van der Waals surface area contributed by atoms with Gasteiger partial charge in [0.15, 0.2) is 16.6 Å². The standard InChI is InChI=1S/C20H14F2N4O2S/c21-14-3-1-13(2-4-14)12-28-17-11-26(16-7-5-15(22)6-8-16)25-18(17)19(27)24-20-23-9-10-29-20/h1-11H,12H2,(H,23,24,27). The van der Waals surface area contributed by atoms with Crippen LogP contribution in [0.15, 0.2) is 66.3 Å². The van der Waals surface area contributed by atoms with E-state index in [-0.39, 0.29) is 29.7 Å². The minimum Gasteiger partial charge on any atom is -0.485 e. The molecule has 29 heavy (non-hydrogen) atoms. The molecule has 2 aromatic heterocycles. The third-order valence-electron chi connectivity index (χ3n) is 3.95. The topological polar surface area (TPSA) is 69.0 Å². The second-order valence-corrected chi connectivity index (χ2v) is 6.86. The highest BCUT2D eigenvalue weighted by atomic mass is 32.1. The van der Waals surface area contributed by atoms with Crippen LogP contribution in [0.2, 0.25) is 0 Å². The number of rotatable bonds is 6. The Hall–Kier alpha value is -3.59. The van der Waals surface area contributed by atoms with Crippen molar-refractivity contribution in [2.45, 2.75) is 6.61 Å². The molecule has 2 aromatic carbocycles. The number of carbonyl (C=O) groups excluding carboxylic acids is 1. The minimum absolute atomic E-state index is 0.0478. The van der Waals surface area contributed by atoms with Crippen molar-refractivity contribution in [2.75, 3.05) is 5.32 Å². The molecule has 0 radical (unpaired) electrons. The molecule has 0 atom stereocenters. The average Bonchev–Trinajstić information content (AvgIpc) is 3.38. The van der Waals surface area contributed by atoms with Gasteiger partial charge in [-0.15, -0.1) is 11.3 Å². The largest absolute Gasteiger partial charge is 0.485 e. The Morgan fingerprint density at radius 2 is 1.76 bits per heavy atom. The van der Waals surface area contributed by atoms with Gasteiger partial charge in [0.2, 0.25) is 0 Å². The van der Waals surface area contributed by atoms with E-state index in [1.165, 1.54) is 58.6 Å². The summed E-state index contributed by atoms with van der Waals surface area (Å²) in [5.41, 5.74) is 1.34. The van der Waals surface area contributed by atoms with Gasteiger partial charge in [-0.25, -0.2) is 18.4 Å². The second-order valence-electron chi connectivity index (χ2n) is 5.97. The van der Waals surface area contributed by atoms with Crippen LogP contribution in [0.5, 0.6) is 5.75 Å². The molecule has 0 aliphatic rings. The van der Waals surface area contributed by atoms with E-state index in [1.54, 1.807) is 23.7 Å². The SMILES string of the molecule is O=C(Nc1nccs1)c1nn(-c2ccc(F)cc2)cc1OCc1ccc(F)cc1. The molecule has 2 heterocycles. The molecule has 4 aromatic rings. The molecule has 0 fully saturated rings. The number of thiazole rings is 1. The Balaban J connectivity index is 1.62. The van der Waals surface area contributed by atoms with Crippen molar-refractivity contribution in [3.8, 4) is 11.4 Å². The molecule has 0 aliphatic carbocycles. The van der Waals surface area contributed by atoms with Crippen LogP contribution in [-0.4, -0.2) is 20.7 Å². The lowest BCUT2D eigenvalue weighted by Crippen LogP contribution is -2.14. The molecule has 0 saturated carbocycles. The summed E-state index contributed by atoms with van der Waals surface area (Å²) in [7, 11) is 0. The molecule has 4 rings (SSSR count). The molecule has 1 amide bonds. The maximum Gasteiger partial charge on any atom is 0.281 e. The third-order valence-corrected chi connectivity index (χ3v) is 4.64. The van der Waals surface area contributed by atoms with Crippen molar-refractivity contribution in [3.05, 3.63) is 89.2 Å². The maximum atomic E-state index is 13.2. The number of hydrogen-bond acceptors (Lipinski definition) is 5. The molecule has 0 bridgehead atoms. The van der Waals surface area contributed by atoms with Crippen molar-refractivity contribution in [1.82, 2.24) is 14.8 Å². The summed E-state index contributed by atoms with van der Waals surface area (Å²) < 4.78 is 33.5. The first kappa shape index (κ1) is 18.8. The van der Waals surface area contributed by atoms with Gasteiger partial charge in [0.05, 0.1) is 11.9 Å². The highest BCUT2D eigenvalue weighted by molar-refractivity contribution is 7.13. The fraction of sp³-hybridized carbons (Fsp3) is 0.0500. The lowest BCUT2D eigenvalue weighted by Gasteiger charge is -2.06. The summed E-state index contributed by atoms with van der Waals surface area (Å²) >= 11 is 1.27. The van der Waals surface area contributed by atoms with E-state index in [9.17, 15) is 13.6 Å². The zero-order valence-electron chi connectivity index (χ0n) is 14.9. The number of ether oxygens (including phenoxy) is 1. The number of carbonyl (C=O) groups is 1. The van der Waals surface area contributed by atoms with E-state index in [4.69, 9.17) is 4.74 Å². The van der Waals surface area contributed by atoms with E-state index < -0.39 is 5.91 Å². The van der Waals surface area contributed by atoms with Gasteiger partial charge < -0.3 is 4.74 Å². The van der Waals surface area contributed by atoms with Gasteiger partial charge in [-0.05, 0) is 42.0 Å². The summed E-state index contributed by atoms with van der Waals surface area (Å²) in [5.74, 6) is -0.987. The van der Waals surface area contributed by atoms with Crippen LogP contribution >= 0.6 is 11.3 Å². The van der Waals surface area contributed by atoms with Gasteiger partial charge in [-0.1, -0.05) is 12.1 Å². The van der Waals surface area contributed by atoms with Gasteiger partial charge in [0, 0.05) is 11.6 Å². The van der Waals surface area contributed by atoms with Crippen molar-refractivity contribution >= 4 is 22.4 Å². The zero-order valence-corrected chi connectivity index (χ0v) is 15.7. The maximum absolute atomic E-state index is 13.2. The van der Waals surface area contributed by atoms with E-state index in [2.05, 4.69) is 15.4 Å². The summed E-state index contributed by atoms with van der Waals surface area (Å²) in [6.07, 6.45) is 3.11. The summed E-state index contributed by atoms with van der Waals surface area (Å²) in [4.78, 5) is 16.7. The van der Waals surface area contributed by atoms with E-state index in [0.29, 0.717) is 10.8 Å². The van der Waals surface area contributed by atoms with Crippen LogP contribution in [0.25, 0.3) is 5.69 Å². The van der Waals surface area contributed by atoms with E-state index in [1.807, 2.05) is 0 Å². The number of amides is 1. The van der Waals surface area contributed by atoms with Gasteiger partial charge >= 0.3 is 0 Å². The fourth-order valence-electron chi connectivity index (χ4n) is 2.53. The first-order valence-electron chi connectivity index (χ1n) is 8.52. The van der Waals surface area contributed by atoms with Crippen molar-refractivity contribution < 1.29 is 18.3 Å². The predicted octanol–water partition coefficient (Wildman–Crippen LogP) is 4.44. The Kier molecular flexibility index (Phi) is 5.30. The molecule has 0 unspecified atom stereocenters. The zero-order chi connectivity index (χ0) is 20.2. The van der Waals surface area contributed by atoms with Crippen LogP contribution < -0.4 is 10.1 Å². The molecule has 0 aliphatic heterocycles. The highest BCUT2D eigenvalue weighted by Crippen LogP contribution is 2.23. The average molecular weight is 412 g/mol. The molecule has 0 saturated heterocycles. The molecular formula is C20H14F2N4O2S. The Morgan fingerprint density at radius 3 is 2.41 bits per heavy atom. The number of nitrogens with zero attached hydrogens (tertiary/aromatic N) is 3. The Morgan fingerprint density at radius 1 is 1.07 bits per heavy atom. The molecular weight excluding hydrogens is 398 g/mol.